The Hall–Kier alpha value is 0.170. The number of hydrogen-bond acceptors (Lipinski definition) is 2. The van der Waals surface area contributed by atoms with Gasteiger partial charge in [-0.05, 0) is 26.2 Å². The molecule has 0 spiro atoms. The van der Waals surface area contributed by atoms with Crippen LogP contribution in [-0.4, -0.2) is 25.3 Å². The second-order valence-electron chi connectivity index (χ2n) is 3.37. The first-order chi connectivity index (χ1) is 6.52. The zero-order valence-corrected chi connectivity index (χ0v) is 11.3. The van der Waals surface area contributed by atoms with Crippen molar-refractivity contribution in [2.45, 2.75) is 33.1 Å². The first-order valence-corrected chi connectivity index (χ1v) is 7.88. The second kappa shape index (κ2) is 7.46. The summed E-state index contributed by atoms with van der Waals surface area (Å²) in [5.74, 6) is 0.583. The molecule has 0 rings (SSSR count). The molecular weight excluding hydrogens is 264 g/mol. The van der Waals surface area contributed by atoms with Gasteiger partial charge in [0.05, 0.1) is 5.75 Å². The predicted octanol–water partition coefficient (Wildman–Crippen LogP) is 2.93. The summed E-state index contributed by atoms with van der Waals surface area (Å²) in [6.45, 7) is 3.75. The van der Waals surface area contributed by atoms with Crippen LogP contribution < -0.4 is 0 Å². The van der Waals surface area contributed by atoms with Crippen LogP contribution >= 0.6 is 15.9 Å². The summed E-state index contributed by atoms with van der Waals surface area (Å²) in [6, 6.07) is 0. The van der Waals surface area contributed by atoms with E-state index in [4.69, 9.17) is 0 Å². The third-order valence-electron chi connectivity index (χ3n) is 2.07. The first kappa shape index (κ1) is 14.2. The summed E-state index contributed by atoms with van der Waals surface area (Å²) < 4.78 is 22.3. The molecule has 0 aliphatic carbocycles. The molecule has 0 saturated carbocycles. The van der Waals surface area contributed by atoms with Crippen LogP contribution in [0.3, 0.4) is 0 Å². The third-order valence-corrected chi connectivity index (χ3v) is 4.32. The summed E-state index contributed by atoms with van der Waals surface area (Å²) in [5, 5.41) is 0.970. The van der Waals surface area contributed by atoms with E-state index >= 15 is 0 Å². The van der Waals surface area contributed by atoms with E-state index in [2.05, 4.69) is 28.9 Å². The van der Waals surface area contributed by atoms with Crippen molar-refractivity contribution < 1.29 is 8.42 Å². The molecule has 0 N–H and O–H groups in total. The summed E-state index contributed by atoms with van der Waals surface area (Å²) >= 11 is 3.35. The molecule has 0 saturated heterocycles. The van der Waals surface area contributed by atoms with Gasteiger partial charge in [-0.15, -0.1) is 0 Å². The largest absolute Gasteiger partial charge is 0.229 e. The molecule has 0 atom stereocenters. The molecule has 84 valence electrons. The van der Waals surface area contributed by atoms with Gasteiger partial charge in [0.25, 0.3) is 0 Å². The molecular formula is C10H19BrO2S. The molecule has 0 bridgehead atoms. The Labute approximate surface area is 95.8 Å². The van der Waals surface area contributed by atoms with Gasteiger partial charge in [0.15, 0.2) is 0 Å². The molecule has 0 aromatic carbocycles. The van der Waals surface area contributed by atoms with Crippen molar-refractivity contribution in [2.75, 3.05) is 16.8 Å². The minimum atomic E-state index is -2.77. The Balaban J connectivity index is 3.74. The molecule has 2 nitrogen and oxygen atoms in total. The number of rotatable bonds is 7. The monoisotopic (exact) mass is 282 g/mol. The fraction of sp³-hybridized carbons (Fsp3) is 0.800. The Morgan fingerprint density at radius 3 is 2.57 bits per heavy atom. The van der Waals surface area contributed by atoms with Crippen LogP contribution in [0.4, 0.5) is 0 Å². The molecule has 0 radical (unpaired) electrons. The Bertz CT molecular complexity index is 268. The molecule has 0 aliphatic rings. The van der Waals surface area contributed by atoms with Crippen molar-refractivity contribution >= 4 is 25.8 Å². The van der Waals surface area contributed by atoms with Crippen LogP contribution in [0, 0.1) is 0 Å². The Kier molecular flexibility index (Phi) is 7.55. The molecule has 0 aromatic rings. The molecule has 0 aromatic heterocycles. The van der Waals surface area contributed by atoms with Crippen molar-refractivity contribution in [3.8, 4) is 0 Å². The second-order valence-corrected chi connectivity index (χ2v) is 6.63. The van der Waals surface area contributed by atoms with E-state index < -0.39 is 9.84 Å². The van der Waals surface area contributed by atoms with Gasteiger partial charge in [0, 0.05) is 11.1 Å². The standard InChI is InChI=1S/C10H19BrO2S/c1-3-14(12,13)9-5-7-10(2)6-4-8-11/h6H,3-5,7-9H2,1-2H3. The van der Waals surface area contributed by atoms with Crippen LogP contribution in [0.1, 0.15) is 33.1 Å². The van der Waals surface area contributed by atoms with E-state index in [1.807, 2.05) is 0 Å². The van der Waals surface area contributed by atoms with Crippen molar-refractivity contribution in [1.82, 2.24) is 0 Å². The Morgan fingerprint density at radius 2 is 2.07 bits per heavy atom. The highest BCUT2D eigenvalue weighted by Gasteiger charge is 2.06. The number of alkyl halides is 1. The highest BCUT2D eigenvalue weighted by molar-refractivity contribution is 9.09. The summed E-state index contributed by atoms with van der Waals surface area (Å²) in [6.07, 6.45) is 4.83. The fourth-order valence-corrected chi connectivity index (χ4v) is 2.22. The maximum atomic E-state index is 11.2. The number of sulfone groups is 1. The zero-order chi connectivity index (χ0) is 11.0. The van der Waals surface area contributed by atoms with E-state index in [1.54, 1.807) is 6.92 Å². The number of allylic oxidation sites excluding steroid dienone is 2. The minimum absolute atomic E-state index is 0.261. The van der Waals surface area contributed by atoms with Gasteiger partial charge in [-0.2, -0.15) is 0 Å². The zero-order valence-electron chi connectivity index (χ0n) is 8.92. The van der Waals surface area contributed by atoms with Crippen LogP contribution in [0.5, 0.6) is 0 Å². The van der Waals surface area contributed by atoms with Gasteiger partial charge in [-0.1, -0.05) is 34.5 Å². The van der Waals surface area contributed by atoms with Crippen molar-refractivity contribution in [2.24, 2.45) is 0 Å². The van der Waals surface area contributed by atoms with E-state index in [0.29, 0.717) is 5.75 Å². The minimum Gasteiger partial charge on any atom is -0.229 e. The van der Waals surface area contributed by atoms with Crippen molar-refractivity contribution in [3.63, 3.8) is 0 Å². The lowest BCUT2D eigenvalue weighted by molar-refractivity contribution is 0.594. The van der Waals surface area contributed by atoms with Gasteiger partial charge in [0.2, 0.25) is 0 Å². The van der Waals surface area contributed by atoms with E-state index in [-0.39, 0.29) is 5.75 Å². The summed E-state index contributed by atoms with van der Waals surface area (Å²) in [7, 11) is -2.77. The van der Waals surface area contributed by atoms with Crippen LogP contribution in [-0.2, 0) is 9.84 Å². The molecule has 0 fully saturated rings. The normalized spacial score (nSPS) is 13.2. The van der Waals surface area contributed by atoms with Crippen LogP contribution in [0.15, 0.2) is 11.6 Å². The topological polar surface area (TPSA) is 34.1 Å². The lowest BCUT2D eigenvalue weighted by atomic mass is 10.1. The van der Waals surface area contributed by atoms with Gasteiger partial charge >= 0.3 is 0 Å². The van der Waals surface area contributed by atoms with Gasteiger partial charge in [-0.3, -0.25) is 0 Å². The van der Waals surface area contributed by atoms with Gasteiger partial charge < -0.3 is 0 Å². The molecule has 0 heterocycles. The molecule has 0 unspecified atom stereocenters. The average molecular weight is 283 g/mol. The predicted molar refractivity (Wildman–Crippen MR) is 65.7 cm³/mol. The Morgan fingerprint density at radius 1 is 1.43 bits per heavy atom. The average Bonchev–Trinajstić information content (AvgIpc) is 2.14. The van der Waals surface area contributed by atoms with Crippen LogP contribution in [0.2, 0.25) is 0 Å². The summed E-state index contributed by atoms with van der Waals surface area (Å²) in [4.78, 5) is 0. The SMILES string of the molecule is CCS(=O)(=O)CCCC(C)=CCCBr. The summed E-state index contributed by atoms with van der Waals surface area (Å²) in [5.41, 5.74) is 1.29. The highest BCUT2D eigenvalue weighted by atomic mass is 79.9. The third kappa shape index (κ3) is 7.56. The molecule has 4 heteroatoms. The number of halogens is 1. The number of hydrogen-bond donors (Lipinski definition) is 0. The molecule has 0 amide bonds. The van der Waals surface area contributed by atoms with E-state index in [9.17, 15) is 8.42 Å². The smallest absolute Gasteiger partial charge is 0.150 e. The van der Waals surface area contributed by atoms with Gasteiger partial charge in [-0.25, -0.2) is 8.42 Å². The first-order valence-electron chi connectivity index (χ1n) is 4.94. The lowest BCUT2D eigenvalue weighted by Crippen LogP contribution is -2.08. The lowest BCUT2D eigenvalue weighted by Gasteiger charge is -2.01. The quantitative estimate of drug-likeness (QED) is 0.532. The van der Waals surface area contributed by atoms with Gasteiger partial charge in [0.1, 0.15) is 9.84 Å². The molecule has 0 aliphatic heterocycles. The van der Waals surface area contributed by atoms with Crippen molar-refractivity contribution in [3.05, 3.63) is 11.6 Å². The maximum absolute atomic E-state index is 11.2. The van der Waals surface area contributed by atoms with E-state index in [0.717, 1.165) is 24.6 Å². The van der Waals surface area contributed by atoms with E-state index in [1.165, 1.54) is 5.57 Å². The molecule has 14 heavy (non-hydrogen) atoms. The van der Waals surface area contributed by atoms with Crippen molar-refractivity contribution in [1.29, 1.82) is 0 Å². The van der Waals surface area contributed by atoms with Crippen LogP contribution in [0.25, 0.3) is 0 Å². The fourth-order valence-electron chi connectivity index (χ4n) is 1.12. The maximum Gasteiger partial charge on any atom is 0.150 e. The highest BCUT2D eigenvalue weighted by Crippen LogP contribution is 2.07.